The molecule has 0 amide bonds. The van der Waals surface area contributed by atoms with E-state index in [9.17, 15) is 8.42 Å². The van der Waals surface area contributed by atoms with Crippen LogP contribution in [0.4, 0.5) is 5.69 Å². The normalized spacial score (nSPS) is 11.3. The number of hydrogen-bond donors (Lipinski definition) is 1. The summed E-state index contributed by atoms with van der Waals surface area (Å²) in [7, 11) is -3.81. The highest BCUT2D eigenvalue weighted by Crippen LogP contribution is 2.34. The molecule has 0 radical (unpaired) electrons. The summed E-state index contributed by atoms with van der Waals surface area (Å²) >= 11 is 6.09. The Bertz CT molecular complexity index is 1060. The van der Waals surface area contributed by atoms with Crippen molar-refractivity contribution in [3.05, 3.63) is 82.4 Å². The van der Waals surface area contributed by atoms with Crippen LogP contribution in [0.3, 0.4) is 0 Å². The van der Waals surface area contributed by atoms with Gasteiger partial charge in [0.15, 0.2) is 5.75 Å². The van der Waals surface area contributed by atoms with Crippen LogP contribution in [-0.2, 0) is 10.0 Å². The average molecular weight is 402 g/mol. The number of aryl methyl sites for hydroxylation is 3. The predicted octanol–water partition coefficient (Wildman–Crippen LogP) is 5.86. The molecule has 0 aromatic heterocycles. The SMILES string of the molecule is Cc1cc(C)c(S(=O)(=O)Nc2cc(Cl)ccc2Oc2ccccc2)c(C)c1. The van der Waals surface area contributed by atoms with Gasteiger partial charge >= 0.3 is 0 Å². The molecule has 27 heavy (non-hydrogen) atoms. The number of sulfonamides is 1. The third-order valence-corrected chi connectivity index (χ3v) is 5.94. The van der Waals surface area contributed by atoms with Crippen molar-refractivity contribution in [1.29, 1.82) is 0 Å². The fourth-order valence-corrected chi connectivity index (χ4v) is 4.76. The van der Waals surface area contributed by atoms with Crippen LogP contribution < -0.4 is 9.46 Å². The Morgan fingerprint density at radius 1 is 0.889 bits per heavy atom. The fourth-order valence-electron chi connectivity index (χ4n) is 3.07. The van der Waals surface area contributed by atoms with Crippen LogP contribution >= 0.6 is 11.6 Å². The van der Waals surface area contributed by atoms with Crippen molar-refractivity contribution in [2.45, 2.75) is 25.7 Å². The third-order valence-electron chi connectivity index (χ3n) is 4.03. The van der Waals surface area contributed by atoms with Gasteiger partial charge in [0.25, 0.3) is 10.0 Å². The van der Waals surface area contributed by atoms with Crippen molar-refractivity contribution in [3.63, 3.8) is 0 Å². The number of ether oxygens (including phenoxy) is 1. The van der Waals surface area contributed by atoms with E-state index in [2.05, 4.69) is 4.72 Å². The molecule has 3 aromatic carbocycles. The highest BCUT2D eigenvalue weighted by atomic mass is 35.5. The Labute approximate surface area is 164 Å². The highest BCUT2D eigenvalue weighted by molar-refractivity contribution is 7.92. The van der Waals surface area contributed by atoms with E-state index in [4.69, 9.17) is 16.3 Å². The Kier molecular flexibility index (Phi) is 5.44. The van der Waals surface area contributed by atoms with Gasteiger partial charge in [0.2, 0.25) is 0 Å². The number of nitrogens with one attached hydrogen (secondary N) is 1. The van der Waals surface area contributed by atoms with E-state index in [0.717, 1.165) is 5.56 Å². The molecule has 0 heterocycles. The zero-order valence-corrected chi connectivity index (χ0v) is 16.9. The van der Waals surface area contributed by atoms with Gasteiger partial charge in [-0.25, -0.2) is 8.42 Å². The fraction of sp³-hybridized carbons (Fsp3) is 0.143. The first-order valence-electron chi connectivity index (χ1n) is 8.39. The second kappa shape index (κ2) is 7.62. The van der Waals surface area contributed by atoms with E-state index in [-0.39, 0.29) is 10.6 Å². The summed E-state index contributed by atoms with van der Waals surface area (Å²) in [5.74, 6) is 0.972. The molecule has 0 aliphatic heterocycles. The lowest BCUT2D eigenvalue weighted by Crippen LogP contribution is -2.16. The lowest BCUT2D eigenvalue weighted by molar-refractivity contribution is 0.485. The monoisotopic (exact) mass is 401 g/mol. The minimum Gasteiger partial charge on any atom is -0.455 e. The molecule has 3 rings (SSSR count). The van der Waals surface area contributed by atoms with Crippen LogP contribution in [0.2, 0.25) is 5.02 Å². The Morgan fingerprint density at radius 3 is 2.15 bits per heavy atom. The van der Waals surface area contributed by atoms with E-state index in [1.807, 2.05) is 37.3 Å². The first-order chi connectivity index (χ1) is 12.8. The van der Waals surface area contributed by atoms with E-state index in [0.29, 0.717) is 27.6 Å². The van der Waals surface area contributed by atoms with Gasteiger partial charge in [-0.05, 0) is 62.2 Å². The van der Waals surface area contributed by atoms with Crippen molar-refractivity contribution in [2.75, 3.05) is 4.72 Å². The lowest BCUT2D eigenvalue weighted by Gasteiger charge is -2.16. The molecular weight excluding hydrogens is 382 g/mol. The highest BCUT2D eigenvalue weighted by Gasteiger charge is 2.22. The largest absolute Gasteiger partial charge is 0.455 e. The molecule has 0 aliphatic carbocycles. The van der Waals surface area contributed by atoms with Gasteiger partial charge in [-0.15, -0.1) is 0 Å². The maximum absolute atomic E-state index is 13.1. The van der Waals surface area contributed by atoms with E-state index in [1.165, 1.54) is 6.07 Å². The minimum atomic E-state index is -3.81. The smallest absolute Gasteiger partial charge is 0.262 e. The van der Waals surface area contributed by atoms with Crippen molar-refractivity contribution in [1.82, 2.24) is 0 Å². The first kappa shape index (κ1) is 19.3. The van der Waals surface area contributed by atoms with Gasteiger partial charge in [0, 0.05) is 5.02 Å². The van der Waals surface area contributed by atoms with Gasteiger partial charge in [-0.2, -0.15) is 0 Å². The molecular formula is C21H20ClNO3S. The summed E-state index contributed by atoms with van der Waals surface area (Å²) in [6.45, 7) is 5.51. The van der Waals surface area contributed by atoms with Crippen LogP contribution in [-0.4, -0.2) is 8.42 Å². The number of anilines is 1. The van der Waals surface area contributed by atoms with E-state index < -0.39 is 10.0 Å². The average Bonchev–Trinajstić information content (AvgIpc) is 2.56. The number of para-hydroxylation sites is 1. The molecule has 0 saturated heterocycles. The third kappa shape index (κ3) is 4.43. The van der Waals surface area contributed by atoms with Crippen LogP contribution in [0.5, 0.6) is 11.5 Å². The number of halogens is 1. The van der Waals surface area contributed by atoms with E-state index in [1.54, 1.807) is 38.1 Å². The zero-order valence-electron chi connectivity index (χ0n) is 15.3. The number of hydrogen-bond acceptors (Lipinski definition) is 3. The maximum Gasteiger partial charge on any atom is 0.262 e. The van der Waals surface area contributed by atoms with E-state index >= 15 is 0 Å². The van der Waals surface area contributed by atoms with Crippen LogP contribution in [0.25, 0.3) is 0 Å². The molecule has 4 nitrogen and oxygen atoms in total. The van der Waals surface area contributed by atoms with Gasteiger partial charge in [0.1, 0.15) is 5.75 Å². The molecule has 0 aliphatic rings. The molecule has 3 aromatic rings. The first-order valence-corrected chi connectivity index (χ1v) is 10.3. The summed E-state index contributed by atoms with van der Waals surface area (Å²) in [6, 6.07) is 17.7. The van der Waals surface area contributed by atoms with Crippen LogP contribution in [0, 0.1) is 20.8 Å². The predicted molar refractivity (Wildman–Crippen MR) is 109 cm³/mol. The number of benzene rings is 3. The van der Waals surface area contributed by atoms with Crippen LogP contribution in [0.1, 0.15) is 16.7 Å². The molecule has 140 valence electrons. The van der Waals surface area contributed by atoms with Crippen molar-refractivity contribution >= 4 is 27.3 Å². The topological polar surface area (TPSA) is 55.4 Å². The second-order valence-corrected chi connectivity index (χ2v) is 8.44. The molecule has 0 unspecified atom stereocenters. The molecule has 6 heteroatoms. The van der Waals surface area contributed by atoms with Crippen molar-refractivity contribution in [3.8, 4) is 11.5 Å². The molecule has 0 fully saturated rings. The van der Waals surface area contributed by atoms with Crippen molar-refractivity contribution in [2.24, 2.45) is 0 Å². The quantitative estimate of drug-likeness (QED) is 0.582. The van der Waals surface area contributed by atoms with Gasteiger partial charge in [-0.3, -0.25) is 4.72 Å². The molecule has 0 bridgehead atoms. The van der Waals surface area contributed by atoms with Gasteiger partial charge < -0.3 is 4.74 Å². The Hall–Kier alpha value is -2.50. The molecule has 0 saturated carbocycles. The molecule has 0 atom stereocenters. The standard InChI is InChI=1S/C21H20ClNO3S/c1-14-11-15(2)21(16(3)12-14)27(24,25)23-19-13-17(22)9-10-20(19)26-18-7-5-4-6-8-18/h4-13,23H,1-3H3. The maximum atomic E-state index is 13.1. The number of rotatable bonds is 5. The van der Waals surface area contributed by atoms with Crippen molar-refractivity contribution < 1.29 is 13.2 Å². The zero-order chi connectivity index (χ0) is 19.6. The Morgan fingerprint density at radius 2 is 1.52 bits per heavy atom. The van der Waals surface area contributed by atoms with Gasteiger partial charge in [-0.1, -0.05) is 47.5 Å². The van der Waals surface area contributed by atoms with Gasteiger partial charge in [0.05, 0.1) is 10.6 Å². The summed E-state index contributed by atoms with van der Waals surface area (Å²) < 4.78 is 34.6. The Balaban J connectivity index is 2.01. The minimum absolute atomic E-state index is 0.263. The summed E-state index contributed by atoms with van der Waals surface area (Å²) in [5, 5.41) is 0.408. The lowest BCUT2D eigenvalue weighted by atomic mass is 10.1. The summed E-state index contributed by atoms with van der Waals surface area (Å²) in [5.41, 5.74) is 2.67. The van der Waals surface area contributed by atoms with Crippen LogP contribution in [0.15, 0.2) is 65.6 Å². The molecule has 1 N–H and O–H groups in total. The second-order valence-electron chi connectivity index (χ2n) is 6.39. The molecule has 0 spiro atoms. The summed E-state index contributed by atoms with van der Waals surface area (Å²) in [4.78, 5) is 0.263. The summed E-state index contributed by atoms with van der Waals surface area (Å²) in [6.07, 6.45) is 0.